The first-order chi connectivity index (χ1) is 10.8. The van der Waals surface area contributed by atoms with Gasteiger partial charge < -0.3 is 10.4 Å². The summed E-state index contributed by atoms with van der Waals surface area (Å²) in [6.45, 7) is 6.60. The third-order valence-corrected chi connectivity index (χ3v) is 3.97. The van der Waals surface area contributed by atoms with Gasteiger partial charge in [0, 0.05) is 18.5 Å². The smallest absolute Gasteiger partial charge is 0.240 e. The van der Waals surface area contributed by atoms with Gasteiger partial charge in [-0.3, -0.25) is 9.69 Å². The Labute approximate surface area is 141 Å². The van der Waals surface area contributed by atoms with Crippen LogP contribution in [0.1, 0.15) is 25.1 Å². The monoisotopic (exact) mass is 333 g/mol. The molecule has 0 saturated heterocycles. The fourth-order valence-electron chi connectivity index (χ4n) is 2.33. The number of aliphatic hydroxyl groups is 1. The quantitative estimate of drug-likeness (QED) is 0.817. The number of aromatic nitrogens is 1. The molecule has 1 heterocycles. The van der Waals surface area contributed by atoms with E-state index in [0.29, 0.717) is 18.2 Å². The number of hydrogen-bond donors (Lipinski definition) is 2. The van der Waals surface area contributed by atoms with Crippen LogP contribution in [-0.4, -0.2) is 39.6 Å². The maximum absolute atomic E-state index is 12.2. The average Bonchev–Trinajstić information content (AvgIpc) is 2.83. The molecule has 5 nitrogen and oxygen atoms in total. The number of amides is 1. The van der Waals surface area contributed by atoms with Gasteiger partial charge in [-0.2, -0.15) is 0 Å². The number of carbonyl (C=O) groups excluding carboxylic acids is 1. The largest absolute Gasteiger partial charge is 0.389 e. The lowest BCUT2D eigenvalue weighted by molar-refractivity contribution is -0.118. The van der Waals surface area contributed by atoms with Gasteiger partial charge in [-0.25, -0.2) is 4.98 Å². The lowest BCUT2D eigenvalue weighted by Crippen LogP contribution is -2.42. The molecule has 0 bridgehead atoms. The minimum Gasteiger partial charge on any atom is -0.389 e. The summed E-state index contributed by atoms with van der Waals surface area (Å²) in [7, 11) is 0. The summed E-state index contributed by atoms with van der Waals surface area (Å²) in [6, 6.07) is 9.92. The summed E-state index contributed by atoms with van der Waals surface area (Å²) < 4.78 is 0. The SMILES string of the molecule is Cc1csc(NC(=O)CN(Cc2ccccc2)CC(C)(C)O)n1. The third-order valence-electron chi connectivity index (χ3n) is 3.09. The van der Waals surface area contributed by atoms with Gasteiger partial charge in [0.25, 0.3) is 0 Å². The van der Waals surface area contributed by atoms with Gasteiger partial charge in [-0.05, 0) is 26.3 Å². The van der Waals surface area contributed by atoms with Crippen LogP contribution in [0.25, 0.3) is 0 Å². The highest BCUT2D eigenvalue weighted by Gasteiger charge is 2.21. The molecular weight excluding hydrogens is 310 g/mol. The van der Waals surface area contributed by atoms with Gasteiger partial charge in [0.15, 0.2) is 5.13 Å². The summed E-state index contributed by atoms with van der Waals surface area (Å²) in [5.74, 6) is -0.125. The molecule has 23 heavy (non-hydrogen) atoms. The molecule has 0 atom stereocenters. The van der Waals surface area contributed by atoms with Gasteiger partial charge in [-0.15, -0.1) is 11.3 Å². The second-order valence-corrected chi connectivity index (χ2v) is 7.14. The molecule has 0 unspecified atom stereocenters. The average molecular weight is 333 g/mol. The first-order valence-corrected chi connectivity index (χ1v) is 8.40. The van der Waals surface area contributed by atoms with Crippen LogP contribution in [0.4, 0.5) is 5.13 Å². The molecule has 0 radical (unpaired) electrons. The van der Waals surface area contributed by atoms with Crippen LogP contribution in [0.3, 0.4) is 0 Å². The van der Waals surface area contributed by atoms with Crippen molar-refractivity contribution in [3.05, 3.63) is 47.0 Å². The summed E-state index contributed by atoms with van der Waals surface area (Å²) in [4.78, 5) is 18.4. The Morgan fingerprint density at radius 1 is 1.35 bits per heavy atom. The molecule has 0 fully saturated rings. The second kappa shape index (κ2) is 7.68. The van der Waals surface area contributed by atoms with Crippen LogP contribution in [0, 0.1) is 6.92 Å². The highest BCUT2D eigenvalue weighted by molar-refractivity contribution is 7.13. The van der Waals surface area contributed by atoms with Crippen LogP contribution in [0.2, 0.25) is 0 Å². The van der Waals surface area contributed by atoms with Crippen LogP contribution in [0.5, 0.6) is 0 Å². The molecule has 0 aliphatic rings. The molecular formula is C17H23N3O2S. The Morgan fingerprint density at radius 3 is 2.61 bits per heavy atom. The number of rotatable bonds is 7. The number of aryl methyl sites for hydroxylation is 1. The van der Waals surface area contributed by atoms with Crippen molar-refractivity contribution in [2.45, 2.75) is 32.9 Å². The number of benzene rings is 1. The molecule has 2 aromatic rings. The van der Waals surface area contributed by atoms with E-state index in [2.05, 4.69) is 10.3 Å². The van der Waals surface area contributed by atoms with E-state index in [1.807, 2.05) is 47.5 Å². The van der Waals surface area contributed by atoms with Gasteiger partial charge >= 0.3 is 0 Å². The van der Waals surface area contributed by atoms with E-state index in [-0.39, 0.29) is 12.5 Å². The topological polar surface area (TPSA) is 65.5 Å². The Morgan fingerprint density at radius 2 is 2.04 bits per heavy atom. The lowest BCUT2D eigenvalue weighted by atomic mass is 10.1. The van der Waals surface area contributed by atoms with Crippen molar-refractivity contribution in [3.63, 3.8) is 0 Å². The minimum absolute atomic E-state index is 0.125. The van der Waals surface area contributed by atoms with Crippen LogP contribution < -0.4 is 5.32 Å². The molecule has 1 aromatic heterocycles. The third kappa shape index (κ3) is 6.48. The van der Waals surface area contributed by atoms with Gasteiger partial charge in [0.05, 0.1) is 17.8 Å². The van der Waals surface area contributed by atoms with E-state index in [1.54, 1.807) is 13.8 Å². The van der Waals surface area contributed by atoms with Crippen molar-refractivity contribution >= 4 is 22.4 Å². The lowest BCUT2D eigenvalue weighted by Gasteiger charge is -2.28. The molecule has 0 aliphatic carbocycles. The van der Waals surface area contributed by atoms with Crippen molar-refractivity contribution in [2.75, 3.05) is 18.4 Å². The first kappa shape index (κ1) is 17.6. The van der Waals surface area contributed by atoms with E-state index in [0.717, 1.165) is 11.3 Å². The standard InChI is InChI=1S/C17H23N3O2S/c1-13-11-23-16(18-13)19-15(21)10-20(12-17(2,3)22)9-14-7-5-4-6-8-14/h4-8,11,22H,9-10,12H2,1-3H3,(H,18,19,21). The van der Waals surface area contributed by atoms with E-state index in [1.165, 1.54) is 11.3 Å². The van der Waals surface area contributed by atoms with E-state index < -0.39 is 5.60 Å². The molecule has 2 N–H and O–H groups in total. The highest BCUT2D eigenvalue weighted by Crippen LogP contribution is 2.15. The summed E-state index contributed by atoms with van der Waals surface area (Å²) in [5, 5.41) is 15.4. The zero-order chi connectivity index (χ0) is 16.9. The predicted molar refractivity (Wildman–Crippen MR) is 93.5 cm³/mol. The normalized spacial score (nSPS) is 11.7. The first-order valence-electron chi connectivity index (χ1n) is 7.52. The number of nitrogens with one attached hydrogen (secondary N) is 1. The fraction of sp³-hybridized carbons (Fsp3) is 0.412. The Balaban J connectivity index is 2.00. The molecule has 1 amide bonds. The van der Waals surface area contributed by atoms with Gasteiger partial charge in [0.1, 0.15) is 0 Å². The fourth-order valence-corrected chi connectivity index (χ4v) is 3.03. The molecule has 124 valence electrons. The molecule has 6 heteroatoms. The van der Waals surface area contributed by atoms with Crippen molar-refractivity contribution in [1.82, 2.24) is 9.88 Å². The molecule has 2 rings (SSSR count). The van der Waals surface area contributed by atoms with Gasteiger partial charge in [0.2, 0.25) is 5.91 Å². The number of thiazole rings is 1. The molecule has 0 spiro atoms. The van der Waals surface area contributed by atoms with E-state index >= 15 is 0 Å². The zero-order valence-corrected chi connectivity index (χ0v) is 14.6. The van der Waals surface area contributed by atoms with Crippen LogP contribution >= 0.6 is 11.3 Å². The number of hydrogen-bond acceptors (Lipinski definition) is 5. The highest BCUT2D eigenvalue weighted by atomic mass is 32.1. The van der Waals surface area contributed by atoms with E-state index in [9.17, 15) is 9.90 Å². The molecule has 0 saturated carbocycles. The van der Waals surface area contributed by atoms with E-state index in [4.69, 9.17) is 0 Å². The van der Waals surface area contributed by atoms with Crippen molar-refractivity contribution < 1.29 is 9.90 Å². The number of anilines is 1. The minimum atomic E-state index is -0.868. The number of carbonyl (C=O) groups is 1. The maximum Gasteiger partial charge on any atom is 0.240 e. The summed E-state index contributed by atoms with van der Waals surface area (Å²) >= 11 is 1.41. The van der Waals surface area contributed by atoms with Crippen LogP contribution in [0.15, 0.2) is 35.7 Å². The Bertz CT molecular complexity index is 635. The maximum atomic E-state index is 12.2. The predicted octanol–water partition coefficient (Wildman–Crippen LogP) is 2.66. The van der Waals surface area contributed by atoms with Crippen molar-refractivity contribution in [2.24, 2.45) is 0 Å². The van der Waals surface area contributed by atoms with Crippen molar-refractivity contribution in [3.8, 4) is 0 Å². The van der Waals surface area contributed by atoms with Crippen molar-refractivity contribution in [1.29, 1.82) is 0 Å². The molecule has 0 aliphatic heterocycles. The summed E-state index contributed by atoms with van der Waals surface area (Å²) in [6.07, 6.45) is 0. The number of nitrogens with zero attached hydrogens (tertiary/aromatic N) is 2. The zero-order valence-electron chi connectivity index (χ0n) is 13.7. The summed E-state index contributed by atoms with van der Waals surface area (Å²) in [5.41, 5.74) is 1.13. The van der Waals surface area contributed by atoms with Gasteiger partial charge in [-0.1, -0.05) is 30.3 Å². The molecule has 1 aromatic carbocycles. The van der Waals surface area contributed by atoms with Crippen LogP contribution in [-0.2, 0) is 11.3 Å². The Kier molecular flexibility index (Phi) is 5.87. The Hall–Kier alpha value is -1.76. The second-order valence-electron chi connectivity index (χ2n) is 6.29.